The summed E-state index contributed by atoms with van der Waals surface area (Å²) in [7, 11) is 0. The Kier molecular flexibility index (Phi) is 6.07. The molecule has 0 unspecified atom stereocenters. The Hall–Kier alpha value is -5.21. The van der Waals surface area contributed by atoms with E-state index in [0.717, 1.165) is 62.1 Å². The van der Waals surface area contributed by atoms with Crippen molar-refractivity contribution in [2.45, 2.75) is 13.1 Å². The number of pyridine rings is 3. The Balaban J connectivity index is 1.21. The minimum absolute atomic E-state index is 0.286. The number of halogens is 1. The van der Waals surface area contributed by atoms with Gasteiger partial charge in [0.2, 0.25) is 0 Å². The zero-order valence-corrected chi connectivity index (χ0v) is 21.4. The van der Waals surface area contributed by atoms with E-state index in [-0.39, 0.29) is 5.82 Å². The van der Waals surface area contributed by atoms with Gasteiger partial charge < -0.3 is 10.3 Å². The quantitative estimate of drug-likeness (QED) is 0.216. The summed E-state index contributed by atoms with van der Waals surface area (Å²) >= 11 is 0. The Labute approximate surface area is 229 Å². The smallest absolute Gasteiger partial charge is 0.131 e. The molecule has 2 aromatic carbocycles. The first kappa shape index (κ1) is 23.9. The molecule has 0 radical (unpaired) electrons. The summed E-state index contributed by atoms with van der Waals surface area (Å²) in [5.41, 5.74) is 8.46. The third kappa shape index (κ3) is 4.50. The molecule has 0 fully saturated rings. The Morgan fingerprint density at radius 1 is 0.700 bits per heavy atom. The van der Waals surface area contributed by atoms with Crippen molar-refractivity contribution in [3.63, 3.8) is 0 Å². The summed E-state index contributed by atoms with van der Waals surface area (Å²) in [5.74, 6) is -0.286. The van der Waals surface area contributed by atoms with E-state index in [1.807, 2.05) is 48.8 Å². The van der Waals surface area contributed by atoms with Crippen molar-refractivity contribution < 1.29 is 4.39 Å². The molecule has 0 atom stereocenters. The van der Waals surface area contributed by atoms with E-state index in [1.165, 1.54) is 11.6 Å². The maximum Gasteiger partial charge on any atom is 0.131 e. The molecule has 7 nitrogen and oxygen atoms in total. The second-order valence-corrected chi connectivity index (χ2v) is 9.67. The Bertz CT molecular complexity index is 1960. The van der Waals surface area contributed by atoms with Gasteiger partial charge in [0.05, 0.1) is 34.8 Å². The van der Waals surface area contributed by atoms with Crippen LogP contribution in [0.25, 0.3) is 55.6 Å². The minimum Gasteiger partial charge on any atom is -0.352 e. The molecule has 40 heavy (non-hydrogen) atoms. The summed E-state index contributed by atoms with van der Waals surface area (Å²) in [6.45, 7) is 1.48. The molecule has 0 saturated heterocycles. The van der Waals surface area contributed by atoms with Crippen LogP contribution in [0.5, 0.6) is 0 Å². The maximum atomic E-state index is 14.6. The van der Waals surface area contributed by atoms with Crippen molar-refractivity contribution in [2.75, 3.05) is 0 Å². The lowest BCUT2D eigenvalue weighted by Gasteiger charge is -2.07. The van der Waals surface area contributed by atoms with E-state index < -0.39 is 0 Å². The zero-order valence-electron chi connectivity index (χ0n) is 21.4. The van der Waals surface area contributed by atoms with Crippen molar-refractivity contribution in [3.8, 4) is 33.8 Å². The fourth-order valence-corrected chi connectivity index (χ4v) is 5.02. The number of benzene rings is 2. The van der Waals surface area contributed by atoms with Gasteiger partial charge in [-0.1, -0.05) is 48.5 Å². The van der Waals surface area contributed by atoms with Gasteiger partial charge >= 0.3 is 0 Å². The monoisotopic (exact) mass is 525 g/mol. The number of aromatic nitrogens is 6. The zero-order chi connectivity index (χ0) is 26.9. The first-order valence-corrected chi connectivity index (χ1v) is 13.0. The lowest BCUT2D eigenvalue weighted by molar-refractivity contribution is 0.631. The normalized spacial score (nSPS) is 11.4. The first-order chi connectivity index (χ1) is 19.7. The fourth-order valence-electron chi connectivity index (χ4n) is 5.02. The number of hydrogen-bond donors (Lipinski definition) is 3. The highest BCUT2D eigenvalue weighted by Crippen LogP contribution is 2.35. The SMILES string of the molecule is Fc1ccccc1-c1cncc2[nH]c(-c3n[nH]c4cnc(-c5cncc(CNCc6ccccc6)c5)cc34)cc12. The molecule has 0 aliphatic carbocycles. The summed E-state index contributed by atoms with van der Waals surface area (Å²) in [5, 5.41) is 12.9. The number of hydrogen-bond acceptors (Lipinski definition) is 5. The van der Waals surface area contributed by atoms with Crippen LogP contribution >= 0.6 is 0 Å². The van der Waals surface area contributed by atoms with Gasteiger partial charge in [0, 0.05) is 59.1 Å². The third-order valence-corrected chi connectivity index (χ3v) is 7.00. The van der Waals surface area contributed by atoms with Gasteiger partial charge in [0.15, 0.2) is 0 Å². The molecule has 0 aliphatic heterocycles. The van der Waals surface area contributed by atoms with Crippen LogP contribution in [0.3, 0.4) is 0 Å². The van der Waals surface area contributed by atoms with Gasteiger partial charge in [-0.15, -0.1) is 0 Å². The van der Waals surface area contributed by atoms with Crippen molar-refractivity contribution >= 4 is 21.8 Å². The van der Waals surface area contributed by atoms with Crippen molar-refractivity contribution in [2.24, 2.45) is 0 Å². The van der Waals surface area contributed by atoms with Crippen molar-refractivity contribution in [1.29, 1.82) is 0 Å². The predicted octanol–water partition coefficient (Wildman–Crippen LogP) is 6.66. The number of fused-ring (bicyclic) bond motifs is 2. The molecular weight excluding hydrogens is 501 g/mol. The average molecular weight is 526 g/mol. The van der Waals surface area contributed by atoms with E-state index in [4.69, 9.17) is 0 Å². The molecule has 5 aromatic heterocycles. The number of rotatable bonds is 7. The fraction of sp³-hybridized carbons (Fsp3) is 0.0625. The highest BCUT2D eigenvalue weighted by Gasteiger charge is 2.16. The minimum atomic E-state index is -0.286. The summed E-state index contributed by atoms with van der Waals surface area (Å²) in [6.07, 6.45) is 8.92. The summed E-state index contributed by atoms with van der Waals surface area (Å²) < 4.78 is 14.6. The predicted molar refractivity (Wildman–Crippen MR) is 155 cm³/mol. The molecule has 0 bridgehead atoms. The molecule has 8 heteroatoms. The topological polar surface area (TPSA) is 95.2 Å². The average Bonchev–Trinajstić information content (AvgIpc) is 3.62. The summed E-state index contributed by atoms with van der Waals surface area (Å²) in [6, 6.07) is 23.2. The van der Waals surface area contributed by atoms with Gasteiger partial charge in [0.1, 0.15) is 11.5 Å². The van der Waals surface area contributed by atoms with Crippen LogP contribution in [-0.2, 0) is 13.1 Å². The standard InChI is InChI=1S/C32H24FN7/c33-27-9-5-4-8-23(27)26-17-36-18-30-24(26)11-29(38-30)32-25-12-28(37-19-31(25)39-40-32)22-10-21(15-35-16-22)14-34-13-20-6-2-1-3-7-20/h1-12,15-19,34,38H,13-14H2,(H,39,40). The second kappa shape index (κ2) is 10.2. The largest absolute Gasteiger partial charge is 0.352 e. The molecule has 194 valence electrons. The third-order valence-electron chi connectivity index (χ3n) is 7.00. The van der Waals surface area contributed by atoms with Gasteiger partial charge in [0.25, 0.3) is 0 Å². The highest BCUT2D eigenvalue weighted by atomic mass is 19.1. The number of nitrogens with zero attached hydrogens (tertiary/aromatic N) is 4. The molecule has 0 aliphatic rings. The molecule has 7 rings (SSSR count). The van der Waals surface area contributed by atoms with Gasteiger partial charge in [-0.05, 0) is 35.4 Å². The van der Waals surface area contributed by atoms with Crippen LogP contribution in [0.1, 0.15) is 11.1 Å². The first-order valence-electron chi connectivity index (χ1n) is 13.0. The highest BCUT2D eigenvalue weighted by molar-refractivity contribution is 6.01. The van der Waals surface area contributed by atoms with E-state index in [2.05, 4.69) is 53.6 Å². The van der Waals surface area contributed by atoms with Gasteiger partial charge in [-0.3, -0.25) is 20.1 Å². The Morgan fingerprint density at radius 3 is 2.42 bits per heavy atom. The molecular formula is C32H24FN7. The number of nitrogens with one attached hydrogen (secondary N) is 3. The van der Waals surface area contributed by atoms with E-state index >= 15 is 0 Å². The lowest BCUT2D eigenvalue weighted by Crippen LogP contribution is -2.12. The van der Waals surface area contributed by atoms with Crippen LogP contribution in [0, 0.1) is 5.82 Å². The van der Waals surface area contributed by atoms with Crippen LogP contribution in [-0.4, -0.2) is 30.1 Å². The number of aromatic amines is 2. The summed E-state index contributed by atoms with van der Waals surface area (Å²) in [4.78, 5) is 16.9. The van der Waals surface area contributed by atoms with Crippen LogP contribution in [0.4, 0.5) is 4.39 Å². The molecule has 3 N–H and O–H groups in total. The van der Waals surface area contributed by atoms with E-state index in [1.54, 1.807) is 30.7 Å². The van der Waals surface area contributed by atoms with Gasteiger partial charge in [-0.2, -0.15) is 5.10 Å². The molecule has 0 saturated carbocycles. The maximum absolute atomic E-state index is 14.6. The van der Waals surface area contributed by atoms with Crippen LogP contribution < -0.4 is 5.32 Å². The molecule has 0 amide bonds. The van der Waals surface area contributed by atoms with Crippen LogP contribution in [0.15, 0.2) is 104 Å². The van der Waals surface area contributed by atoms with E-state index in [0.29, 0.717) is 12.1 Å². The molecule has 0 spiro atoms. The van der Waals surface area contributed by atoms with Gasteiger partial charge in [-0.25, -0.2) is 4.39 Å². The van der Waals surface area contributed by atoms with Crippen LogP contribution in [0.2, 0.25) is 0 Å². The lowest BCUT2D eigenvalue weighted by atomic mass is 10.0. The van der Waals surface area contributed by atoms with E-state index in [9.17, 15) is 4.39 Å². The Morgan fingerprint density at radius 2 is 1.52 bits per heavy atom. The van der Waals surface area contributed by atoms with Crippen molar-refractivity contribution in [3.05, 3.63) is 121 Å². The second-order valence-electron chi connectivity index (χ2n) is 9.67. The molecule has 5 heterocycles. The van der Waals surface area contributed by atoms with Crippen molar-refractivity contribution in [1.82, 2.24) is 35.5 Å². The number of H-pyrrole nitrogens is 2. The molecule has 7 aromatic rings.